The highest BCUT2D eigenvalue weighted by Crippen LogP contribution is 2.36. The molecule has 0 saturated carbocycles. The number of benzene rings is 2. The summed E-state index contributed by atoms with van der Waals surface area (Å²) in [6.45, 7) is 10.4. The van der Waals surface area contributed by atoms with Gasteiger partial charge in [0.15, 0.2) is 23.3 Å². The van der Waals surface area contributed by atoms with Gasteiger partial charge in [-0.1, -0.05) is 37.1 Å². The lowest BCUT2D eigenvalue weighted by molar-refractivity contribution is -0.124. The van der Waals surface area contributed by atoms with E-state index in [0.717, 1.165) is 40.2 Å². The third-order valence-corrected chi connectivity index (χ3v) is 10.5. The fourth-order valence-electron chi connectivity index (χ4n) is 5.77. The van der Waals surface area contributed by atoms with E-state index in [1.54, 1.807) is 22.2 Å². The first-order valence-electron chi connectivity index (χ1n) is 18.3. The molecule has 1 aliphatic heterocycles. The number of aryl methyl sites for hydroxylation is 1. The molecule has 0 aliphatic carbocycles. The molecule has 12 nitrogen and oxygen atoms in total. The monoisotopic (exact) mass is 798 g/mol. The van der Waals surface area contributed by atoms with Crippen LogP contribution in [0.3, 0.4) is 0 Å². The van der Waals surface area contributed by atoms with Crippen molar-refractivity contribution in [1.29, 1.82) is 0 Å². The zero-order chi connectivity index (χ0) is 39.4. The number of halogens is 2. The molecule has 296 valence electrons. The van der Waals surface area contributed by atoms with Gasteiger partial charge in [0.25, 0.3) is 5.91 Å². The van der Waals surface area contributed by atoms with Crippen molar-refractivity contribution in [3.8, 4) is 27.4 Å². The van der Waals surface area contributed by atoms with E-state index in [0.29, 0.717) is 63.5 Å². The summed E-state index contributed by atoms with van der Waals surface area (Å²) in [6.07, 6.45) is 1.56. The van der Waals surface area contributed by atoms with Gasteiger partial charge in [0.1, 0.15) is 6.10 Å². The number of rotatable bonds is 17. The van der Waals surface area contributed by atoms with Crippen LogP contribution in [0.4, 0.5) is 18.7 Å². The van der Waals surface area contributed by atoms with Crippen molar-refractivity contribution in [2.24, 2.45) is 0 Å². The van der Waals surface area contributed by atoms with Crippen LogP contribution in [0.1, 0.15) is 70.2 Å². The molecule has 0 unspecified atom stereocenters. The van der Waals surface area contributed by atoms with Crippen LogP contribution >= 0.6 is 22.7 Å². The van der Waals surface area contributed by atoms with Gasteiger partial charge in [0.2, 0.25) is 11.7 Å². The third-order valence-electron chi connectivity index (χ3n) is 8.58. The second-order valence-corrected chi connectivity index (χ2v) is 15.8. The molecule has 0 radical (unpaired) electrons. The van der Waals surface area contributed by atoms with Gasteiger partial charge >= 0.3 is 6.09 Å². The number of anilines is 1. The Morgan fingerprint density at radius 2 is 1.64 bits per heavy atom. The normalized spacial score (nSPS) is 13.6. The summed E-state index contributed by atoms with van der Waals surface area (Å²) in [4.78, 5) is 50.1. The average molecular weight is 799 g/mol. The van der Waals surface area contributed by atoms with E-state index in [-0.39, 0.29) is 23.6 Å². The molecule has 16 heteroatoms. The minimum absolute atomic E-state index is 0.0368. The fourth-order valence-corrected chi connectivity index (χ4v) is 7.46. The number of carbonyl (C=O) groups is 3. The van der Waals surface area contributed by atoms with E-state index in [2.05, 4.69) is 30.8 Å². The predicted molar refractivity (Wildman–Crippen MR) is 209 cm³/mol. The number of nitrogens with one attached hydrogen (secondary N) is 3. The van der Waals surface area contributed by atoms with Crippen molar-refractivity contribution < 1.29 is 37.4 Å². The summed E-state index contributed by atoms with van der Waals surface area (Å²) < 4.78 is 45.6. The number of hydrogen-bond donors (Lipinski definition) is 3. The summed E-state index contributed by atoms with van der Waals surface area (Å²) in [5, 5.41) is 11.0. The molecule has 2 aromatic carbocycles. The summed E-state index contributed by atoms with van der Waals surface area (Å²) in [6, 6.07) is 10.0. The number of amides is 3. The molecule has 1 aliphatic rings. The van der Waals surface area contributed by atoms with Crippen molar-refractivity contribution in [2.75, 3.05) is 50.9 Å². The molecular weight excluding hydrogens is 751 g/mol. The molecule has 55 heavy (non-hydrogen) atoms. The van der Waals surface area contributed by atoms with Crippen LogP contribution in [0.5, 0.6) is 5.75 Å². The number of ether oxygens (including phenoxy) is 3. The van der Waals surface area contributed by atoms with Crippen LogP contribution in [0, 0.1) is 18.6 Å². The number of hydrogen-bond acceptors (Lipinski definition) is 11. The minimum Gasteiger partial charge on any atom is -0.480 e. The predicted octanol–water partition coefficient (Wildman–Crippen LogP) is 7.18. The van der Waals surface area contributed by atoms with E-state index in [1.807, 2.05) is 52.0 Å². The second-order valence-electron chi connectivity index (χ2n) is 14.1. The van der Waals surface area contributed by atoms with Gasteiger partial charge in [-0.25, -0.2) is 19.2 Å². The summed E-state index contributed by atoms with van der Waals surface area (Å²) >= 11 is 2.94. The molecule has 3 heterocycles. The van der Waals surface area contributed by atoms with Crippen LogP contribution in [-0.2, 0) is 19.1 Å². The molecule has 1 saturated heterocycles. The van der Waals surface area contributed by atoms with Gasteiger partial charge < -0.3 is 35.1 Å². The van der Waals surface area contributed by atoms with Crippen LogP contribution in [0.15, 0.2) is 47.3 Å². The maximum absolute atomic E-state index is 14.8. The van der Waals surface area contributed by atoms with Crippen molar-refractivity contribution in [1.82, 2.24) is 25.9 Å². The zero-order valence-corrected chi connectivity index (χ0v) is 33.2. The lowest BCUT2D eigenvalue weighted by Gasteiger charge is -2.26. The number of carbonyl (C=O) groups excluding carboxylic acids is 3. The average Bonchev–Trinajstić information content (AvgIpc) is 3.82. The first-order chi connectivity index (χ1) is 26.4. The van der Waals surface area contributed by atoms with E-state index < -0.39 is 41.9 Å². The zero-order valence-electron chi connectivity index (χ0n) is 31.5. The molecule has 3 amide bonds. The van der Waals surface area contributed by atoms with Gasteiger partial charge in [-0.3, -0.25) is 9.59 Å². The number of nitrogens with zero attached hydrogens (tertiary/aromatic N) is 3. The van der Waals surface area contributed by atoms with Crippen LogP contribution in [0.25, 0.3) is 21.7 Å². The van der Waals surface area contributed by atoms with Crippen LogP contribution < -0.4 is 25.6 Å². The van der Waals surface area contributed by atoms with Gasteiger partial charge in [-0.05, 0) is 63.8 Å². The van der Waals surface area contributed by atoms with Gasteiger partial charge in [-0.2, -0.15) is 4.39 Å². The summed E-state index contributed by atoms with van der Waals surface area (Å²) in [7, 11) is 0. The van der Waals surface area contributed by atoms with Crippen molar-refractivity contribution in [2.45, 2.75) is 71.4 Å². The quantitative estimate of drug-likeness (QED) is 0.0947. The molecule has 1 atom stereocenters. The number of aromatic nitrogens is 2. The standard InChI is InChI=1S/C39H48F2N6O6S2/c1-25-36(55-24-44-25)27-11-9-26(10-12-27)31(53-38(50)46-39(2,3)4)21-32(48)42-15-7-5-6-8-16-43-33(49)22-52-35-28(13-14-29(40)34(35)41)30-23-54-37(45-30)47-17-19-51-20-18-47/h9-14,23-24,31H,5-8,15-22H2,1-4H3,(H,42,48)(H,43,49)(H,46,50)/t31-/m0/s1. The SMILES string of the molecule is Cc1ncsc1-c1ccc([C@H](CC(=O)NCCCCCCNC(=O)COc2c(-c3csc(N4CCOCC4)n3)ccc(F)c2F)OC(=O)NC(C)(C)C)cc1. The Morgan fingerprint density at radius 1 is 0.945 bits per heavy atom. The molecule has 0 bridgehead atoms. The number of unbranched alkanes of at least 4 members (excludes halogenated alkanes) is 3. The smallest absolute Gasteiger partial charge is 0.408 e. The Hall–Kier alpha value is -4.67. The Morgan fingerprint density at radius 3 is 2.29 bits per heavy atom. The molecule has 3 N–H and O–H groups in total. The highest BCUT2D eigenvalue weighted by Gasteiger charge is 2.24. The van der Waals surface area contributed by atoms with E-state index >= 15 is 0 Å². The molecule has 5 rings (SSSR count). The lowest BCUT2D eigenvalue weighted by Crippen LogP contribution is -2.41. The first-order valence-corrected chi connectivity index (χ1v) is 20.1. The molecule has 1 fully saturated rings. The van der Waals surface area contributed by atoms with Gasteiger partial charge in [0.05, 0.1) is 41.4 Å². The lowest BCUT2D eigenvalue weighted by atomic mass is 10.0. The van der Waals surface area contributed by atoms with Gasteiger partial charge in [-0.15, -0.1) is 22.7 Å². The summed E-state index contributed by atoms with van der Waals surface area (Å²) in [5.41, 5.74) is 4.63. The van der Waals surface area contributed by atoms with Gasteiger partial charge in [0, 0.05) is 42.7 Å². The Balaban J connectivity index is 1.02. The number of alkyl carbamates (subject to hydrolysis) is 1. The maximum atomic E-state index is 14.8. The Kier molecular flexibility index (Phi) is 14.9. The molecule has 0 spiro atoms. The van der Waals surface area contributed by atoms with Crippen molar-refractivity contribution >= 4 is 45.7 Å². The highest BCUT2D eigenvalue weighted by atomic mass is 32.1. The fraction of sp³-hybridized carbons (Fsp3) is 0.462. The van der Waals surface area contributed by atoms with E-state index in [4.69, 9.17) is 14.2 Å². The largest absolute Gasteiger partial charge is 0.480 e. The number of morpholine rings is 1. The molecule has 4 aromatic rings. The topological polar surface area (TPSA) is 144 Å². The molecular formula is C39H48F2N6O6S2. The Bertz CT molecular complexity index is 1890. The highest BCUT2D eigenvalue weighted by molar-refractivity contribution is 7.14. The molecule has 2 aromatic heterocycles. The van der Waals surface area contributed by atoms with Crippen molar-refractivity contribution in [3.63, 3.8) is 0 Å². The van der Waals surface area contributed by atoms with E-state index in [1.165, 1.54) is 17.4 Å². The Labute approximate surface area is 328 Å². The first kappa shape index (κ1) is 41.5. The summed E-state index contributed by atoms with van der Waals surface area (Å²) in [5.74, 6) is -3.32. The number of thiazole rings is 2. The van der Waals surface area contributed by atoms with Crippen LogP contribution in [0.2, 0.25) is 0 Å². The third kappa shape index (κ3) is 12.4. The van der Waals surface area contributed by atoms with Crippen LogP contribution in [-0.4, -0.2) is 79.4 Å². The maximum Gasteiger partial charge on any atom is 0.408 e. The minimum atomic E-state index is -1.18. The van der Waals surface area contributed by atoms with Crippen molar-refractivity contribution in [3.05, 3.63) is 70.2 Å². The van der Waals surface area contributed by atoms with E-state index in [9.17, 15) is 23.2 Å². The second kappa shape index (κ2) is 19.8.